The van der Waals surface area contributed by atoms with Crippen molar-refractivity contribution in [2.75, 3.05) is 13.6 Å². The molecule has 0 atom stereocenters. The molecule has 0 unspecified atom stereocenters. The molecule has 1 aliphatic rings. The van der Waals surface area contributed by atoms with Gasteiger partial charge < -0.3 is 10.6 Å². The molecular weight excluding hydrogens is 499 g/mol. The molecule has 1 heterocycles. The van der Waals surface area contributed by atoms with Crippen LogP contribution in [0.15, 0.2) is 39.9 Å². The predicted octanol–water partition coefficient (Wildman–Crippen LogP) is 4.23. The number of aliphatic imine (C=N–C) groups is 1. The van der Waals surface area contributed by atoms with E-state index in [0.717, 1.165) is 28.5 Å². The maximum atomic E-state index is 4.32. The highest BCUT2D eigenvalue weighted by Crippen LogP contribution is 2.48. The lowest BCUT2D eigenvalue weighted by Crippen LogP contribution is -2.40. The van der Waals surface area contributed by atoms with Crippen LogP contribution in [-0.4, -0.2) is 24.5 Å². The van der Waals surface area contributed by atoms with Crippen molar-refractivity contribution in [2.24, 2.45) is 4.99 Å². The minimum Gasteiger partial charge on any atom is -0.356 e. The highest BCUT2D eigenvalue weighted by atomic mass is 127. The Morgan fingerprint density at radius 1 is 1.38 bits per heavy atom. The van der Waals surface area contributed by atoms with Crippen molar-refractivity contribution in [3.63, 3.8) is 0 Å². The van der Waals surface area contributed by atoms with Crippen LogP contribution in [0.5, 0.6) is 0 Å². The standard InChI is InChI=1S/C17H21BrN4S.HI/c1-12-20-9-15(23-12)10-21-16(19-2)22-11-17(6-7-17)13-4-3-5-14(18)8-13;/h3-5,8-9H,6-7,10-11H2,1-2H3,(H2,19,21,22);1H. The molecule has 130 valence electrons. The van der Waals surface area contributed by atoms with E-state index in [0.29, 0.717) is 0 Å². The van der Waals surface area contributed by atoms with Crippen molar-refractivity contribution < 1.29 is 0 Å². The summed E-state index contributed by atoms with van der Waals surface area (Å²) in [5, 5.41) is 7.93. The zero-order chi connectivity index (χ0) is 16.3. The molecule has 1 fully saturated rings. The van der Waals surface area contributed by atoms with Gasteiger partial charge in [0.05, 0.1) is 11.6 Å². The number of hydrogen-bond donors (Lipinski definition) is 2. The number of benzene rings is 1. The van der Waals surface area contributed by atoms with Gasteiger partial charge >= 0.3 is 0 Å². The summed E-state index contributed by atoms with van der Waals surface area (Å²) < 4.78 is 1.14. The second-order valence-corrected chi connectivity index (χ2v) is 8.15. The molecule has 1 aliphatic carbocycles. The molecule has 0 spiro atoms. The van der Waals surface area contributed by atoms with Gasteiger partial charge in [0.15, 0.2) is 5.96 Å². The van der Waals surface area contributed by atoms with Gasteiger partial charge in [-0.05, 0) is 37.5 Å². The molecule has 1 aromatic carbocycles. The number of aromatic nitrogens is 1. The largest absolute Gasteiger partial charge is 0.356 e. The van der Waals surface area contributed by atoms with Crippen LogP contribution >= 0.6 is 51.2 Å². The summed E-state index contributed by atoms with van der Waals surface area (Å²) in [4.78, 5) is 9.82. The first-order valence-corrected chi connectivity index (χ1v) is 9.34. The molecule has 0 amide bonds. The van der Waals surface area contributed by atoms with Crippen molar-refractivity contribution in [3.05, 3.63) is 50.4 Å². The molecule has 24 heavy (non-hydrogen) atoms. The average Bonchev–Trinajstić information content (AvgIpc) is 3.23. The topological polar surface area (TPSA) is 49.3 Å². The predicted molar refractivity (Wildman–Crippen MR) is 116 cm³/mol. The van der Waals surface area contributed by atoms with Crippen LogP contribution in [0.3, 0.4) is 0 Å². The van der Waals surface area contributed by atoms with Gasteiger partial charge in [-0.25, -0.2) is 4.98 Å². The summed E-state index contributed by atoms with van der Waals surface area (Å²) in [6.07, 6.45) is 4.37. The second-order valence-electron chi connectivity index (χ2n) is 5.92. The number of rotatable bonds is 5. The van der Waals surface area contributed by atoms with Crippen LogP contribution < -0.4 is 10.6 Å². The number of nitrogens with zero attached hydrogens (tertiary/aromatic N) is 2. The molecule has 2 aromatic rings. The molecule has 2 N–H and O–H groups in total. The lowest BCUT2D eigenvalue weighted by atomic mass is 9.96. The highest BCUT2D eigenvalue weighted by Gasteiger charge is 2.44. The Balaban J connectivity index is 0.00000208. The third-order valence-electron chi connectivity index (χ3n) is 4.21. The summed E-state index contributed by atoms with van der Waals surface area (Å²) in [5.74, 6) is 0.845. The normalized spacial score (nSPS) is 15.5. The van der Waals surface area contributed by atoms with Gasteiger partial charge in [-0.1, -0.05) is 28.1 Å². The van der Waals surface area contributed by atoms with E-state index < -0.39 is 0 Å². The van der Waals surface area contributed by atoms with Crippen molar-refractivity contribution in [2.45, 2.75) is 31.7 Å². The maximum Gasteiger partial charge on any atom is 0.191 e. The van der Waals surface area contributed by atoms with Gasteiger partial charge in [-0.15, -0.1) is 35.3 Å². The zero-order valence-electron chi connectivity index (χ0n) is 13.8. The van der Waals surface area contributed by atoms with E-state index in [4.69, 9.17) is 0 Å². The second kappa shape index (κ2) is 8.62. The highest BCUT2D eigenvalue weighted by molar-refractivity contribution is 14.0. The van der Waals surface area contributed by atoms with E-state index in [1.807, 2.05) is 20.2 Å². The third kappa shape index (κ3) is 4.92. The molecule has 0 saturated heterocycles. The summed E-state index contributed by atoms with van der Waals surface area (Å²) >= 11 is 5.28. The fourth-order valence-electron chi connectivity index (χ4n) is 2.67. The number of hydrogen-bond acceptors (Lipinski definition) is 3. The molecule has 0 bridgehead atoms. The first kappa shape index (κ1) is 19.7. The van der Waals surface area contributed by atoms with Crippen LogP contribution in [0.2, 0.25) is 0 Å². The van der Waals surface area contributed by atoms with E-state index >= 15 is 0 Å². The zero-order valence-corrected chi connectivity index (χ0v) is 18.5. The van der Waals surface area contributed by atoms with Gasteiger partial charge in [-0.3, -0.25) is 4.99 Å². The molecule has 1 aromatic heterocycles. The van der Waals surface area contributed by atoms with Gasteiger partial charge in [0, 0.05) is 34.6 Å². The number of thiazole rings is 1. The van der Waals surface area contributed by atoms with E-state index in [9.17, 15) is 0 Å². The quantitative estimate of drug-likeness (QED) is 0.352. The maximum absolute atomic E-state index is 4.32. The van der Waals surface area contributed by atoms with Crippen molar-refractivity contribution in [1.82, 2.24) is 15.6 Å². The third-order valence-corrected chi connectivity index (χ3v) is 5.61. The minimum atomic E-state index is 0. The fraction of sp³-hybridized carbons (Fsp3) is 0.412. The van der Waals surface area contributed by atoms with Crippen molar-refractivity contribution in [3.8, 4) is 0 Å². The van der Waals surface area contributed by atoms with E-state index in [1.54, 1.807) is 11.3 Å². The monoisotopic (exact) mass is 520 g/mol. The SMILES string of the molecule is CN=C(NCc1cnc(C)s1)NCC1(c2cccc(Br)c2)CC1.I. The molecule has 4 nitrogen and oxygen atoms in total. The van der Waals surface area contributed by atoms with Gasteiger partial charge in [0.2, 0.25) is 0 Å². The Morgan fingerprint density at radius 2 is 2.17 bits per heavy atom. The molecule has 0 radical (unpaired) electrons. The number of aryl methyl sites for hydroxylation is 1. The Bertz CT molecular complexity index is 712. The van der Waals surface area contributed by atoms with Gasteiger partial charge in [-0.2, -0.15) is 0 Å². The fourth-order valence-corrected chi connectivity index (χ4v) is 3.80. The number of guanidine groups is 1. The lowest BCUT2D eigenvalue weighted by Gasteiger charge is -2.19. The lowest BCUT2D eigenvalue weighted by molar-refractivity contribution is 0.645. The van der Waals surface area contributed by atoms with E-state index in [2.05, 4.69) is 60.8 Å². The number of nitrogens with one attached hydrogen (secondary N) is 2. The summed E-state index contributed by atoms with van der Waals surface area (Å²) in [7, 11) is 1.81. The number of halogens is 2. The average molecular weight is 521 g/mol. The molecule has 3 rings (SSSR count). The summed E-state index contributed by atoms with van der Waals surface area (Å²) in [6.45, 7) is 3.69. The van der Waals surface area contributed by atoms with Crippen LogP contribution in [-0.2, 0) is 12.0 Å². The molecule has 0 aliphatic heterocycles. The Kier molecular flexibility index (Phi) is 7.06. The van der Waals surface area contributed by atoms with Crippen LogP contribution in [0.4, 0.5) is 0 Å². The van der Waals surface area contributed by atoms with Gasteiger partial charge in [0.25, 0.3) is 0 Å². The Hall–Kier alpha value is -0.670. The summed E-state index contributed by atoms with van der Waals surface area (Å²) in [6, 6.07) is 8.63. The molecule has 7 heteroatoms. The van der Waals surface area contributed by atoms with Gasteiger partial charge in [0.1, 0.15) is 0 Å². The van der Waals surface area contributed by atoms with E-state index in [1.165, 1.54) is 23.3 Å². The van der Waals surface area contributed by atoms with E-state index in [-0.39, 0.29) is 29.4 Å². The Labute approximate surface area is 172 Å². The van der Waals surface area contributed by atoms with Crippen molar-refractivity contribution >= 4 is 57.2 Å². The smallest absolute Gasteiger partial charge is 0.191 e. The Morgan fingerprint density at radius 3 is 2.75 bits per heavy atom. The van der Waals surface area contributed by atoms with Crippen LogP contribution in [0, 0.1) is 6.92 Å². The first-order valence-electron chi connectivity index (χ1n) is 7.73. The van der Waals surface area contributed by atoms with Crippen LogP contribution in [0.1, 0.15) is 28.3 Å². The summed E-state index contributed by atoms with van der Waals surface area (Å²) in [5.41, 5.74) is 1.65. The molecular formula is C17H22BrIN4S. The minimum absolute atomic E-state index is 0. The first-order chi connectivity index (χ1) is 11.1. The van der Waals surface area contributed by atoms with Crippen molar-refractivity contribution in [1.29, 1.82) is 0 Å². The molecule has 1 saturated carbocycles. The van der Waals surface area contributed by atoms with Crippen LogP contribution in [0.25, 0.3) is 0 Å².